The highest BCUT2D eigenvalue weighted by Crippen LogP contribution is 2.38. The summed E-state index contributed by atoms with van der Waals surface area (Å²) in [5, 5.41) is -0.226. The molecule has 0 saturated carbocycles. The first-order valence-corrected chi connectivity index (χ1v) is 8.20. The summed E-state index contributed by atoms with van der Waals surface area (Å²) in [6.45, 7) is 4.07. The lowest BCUT2D eigenvalue weighted by molar-refractivity contribution is 0.411. The fourth-order valence-electron chi connectivity index (χ4n) is 2.03. The first-order valence-electron chi connectivity index (χ1n) is 6.18. The van der Waals surface area contributed by atoms with Gasteiger partial charge in [-0.1, -0.05) is 44.0 Å². The maximum atomic E-state index is 6.64. The van der Waals surface area contributed by atoms with Crippen molar-refractivity contribution in [1.82, 2.24) is 0 Å². The van der Waals surface area contributed by atoms with Crippen LogP contribution in [0.2, 0.25) is 0 Å². The zero-order chi connectivity index (χ0) is 14.9. The lowest BCUT2D eigenvalue weighted by Gasteiger charge is -2.16. The van der Waals surface area contributed by atoms with E-state index in [4.69, 9.17) is 16.3 Å². The van der Waals surface area contributed by atoms with Crippen LogP contribution in [0.3, 0.4) is 0 Å². The normalized spacial score (nSPS) is 12.3. The van der Waals surface area contributed by atoms with Gasteiger partial charge in [-0.05, 0) is 54.3 Å². The number of benzene rings is 2. The van der Waals surface area contributed by atoms with Gasteiger partial charge in [0, 0.05) is 8.95 Å². The standard InChI is InChI=1S/C16H15Br2ClO/c1-9-4-5-11(7-15(9)20-3)16(19)12-8-13(17)10(2)6-14(12)18/h4-8,16H,1-3H3. The van der Waals surface area contributed by atoms with Crippen molar-refractivity contribution in [2.24, 2.45) is 0 Å². The minimum absolute atomic E-state index is 0.226. The van der Waals surface area contributed by atoms with Crippen molar-refractivity contribution in [2.75, 3.05) is 7.11 Å². The highest BCUT2D eigenvalue weighted by molar-refractivity contribution is 9.11. The van der Waals surface area contributed by atoms with E-state index < -0.39 is 0 Å². The molecule has 0 N–H and O–H groups in total. The van der Waals surface area contributed by atoms with Crippen LogP contribution in [-0.2, 0) is 0 Å². The van der Waals surface area contributed by atoms with Crippen LogP contribution < -0.4 is 4.74 Å². The molecule has 0 aliphatic rings. The Morgan fingerprint density at radius 1 is 1.00 bits per heavy atom. The van der Waals surface area contributed by atoms with Gasteiger partial charge in [0.1, 0.15) is 5.75 Å². The predicted octanol–water partition coefficient (Wildman–Crippen LogP) is 6.17. The summed E-state index contributed by atoms with van der Waals surface area (Å²) in [6.07, 6.45) is 0. The van der Waals surface area contributed by atoms with Gasteiger partial charge in [0.2, 0.25) is 0 Å². The van der Waals surface area contributed by atoms with Crippen molar-refractivity contribution in [3.63, 3.8) is 0 Å². The van der Waals surface area contributed by atoms with Gasteiger partial charge in [0.15, 0.2) is 0 Å². The largest absolute Gasteiger partial charge is 0.496 e. The van der Waals surface area contributed by atoms with Crippen LogP contribution in [0, 0.1) is 13.8 Å². The molecule has 4 heteroatoms. The number of alkyl halides is 1. The van der Waals surface area contributed by atoms with E-state index in [0.717, 1.165) is 31.4 Å². The van der Waals surface area contributed by atoms with Crippen LogP contribution in [0.5, 0.6) is 5.75 Å². The van der Waals surface area contributed by atoms with Gasteiger partial charge in [-0.2, -0.15) is 0 Å². The Balaban J connectivity index is 2.46. The van der Waals surface area contributed by atoms with Crippen LogP contribution in [-0.4, -0.2) is 7.11 Å². The van der Waals surface area contributed by atoms with E-state index in [1.54, 1.807) is 7.11 Å². The fourth-order valence-corrected chi connectivity index (χ4v) is 3.53. The summed E-state index contributed by atoms with van der Waals surface area (Å²) < 4.78 is 7.43. The Labute approximate surface area is 141 Å². The third-order valence-corrected chi connectivity index (χ3v) is 5.30. The first kappa shape index (κ1) is 15.9. The molecule has 0 saturated heterocycles. The highest BCUT2D eigenvalue weighted by Gasteiger charge is 2.16. The number of hydrogen-bond donors (Lipinski definition) is 0. The molecule has 0 bridgehead atoms. The lowest BCUT2D eigenvalue weighted by atomic mass is 10.0. The molecule has 0 radical (unpaired) electrons. The SMILES string of the molecule is COc1cc(C(Cl)c2cc(Br)c(C)cc2Br)ccc1C. The number of rotatable bonds is 3. The summed E-state index contributed by atoms with van der Waals surface area (Å²) in [5.41, 5.74) is 4.33. The van der Waals surface area contributed by atoms with Crippen molar-refractivity contribution in [2.45, 2.75) is 19.2 Å². The van der Waals surface area contributed by atoms with Gasteiger partial charge >= 0.3 is 0 Å². The van der Waals surface area contributed by atoms with Gasteiger partial charge in [-0.15, -0.1) is 11.6 Å². The minimum Gasteiger partial charge on any atom is -0.496 e. The number of hydrogen-bond acceptors (Lipinski definition) is 1. The second-order valence-electron chi connectivity index (χ2n) is 4.71. The molecule has 1 unspecified atom stereocenters. The molecule has 2 rings (SSSR count). The van der Waals surface area contributed by atoms with Gasteiger partial charge in [0.05, 0.1) is 12.5 Å². The van der Waals surface area contributed by atoms with Crippen LogP contribution in [0.25, 0.3) is 0 Å². The van der Waals surface area contributed by atoms with Crippen LogP contribution in [0.1, 0.15) is 27.6 Å². The van der Waals surface area contributed by atoms with E-state index in [2.05, 4.69) is 50.9 Å². The minimum atomic E-state index is -0.226. The Morgan fingerprint density at radius 2 is 1.70 bits per heavy atom. The third kappa shape index (κ3) is 3.21. The lowest BCUT2D eigenvalue weighted by Crippen LogP contribution is -1.97. The number of halogens is 3. The molecule has 0 fully saturated rings. The zero-order valence-electron chi connectivity index (χ0n) is 11.5. The number of methoxy groups -OCH3 is 1. The molecule has 1 nitrogen and oxygen atoms in total. The fraction of sp³-hybridized carbons (Fsp3) is 0.250. The van der Waals surface area contributed by atoms with E-state index in [9.17, 15) is 0 Å². The zero-order valence-corrected chi connectivity index (χ0v) is 15.4. The number of aryl methyl sites for hydroxylation is 2. The first-order chi connectivity index (χ1) is 9.43. The second kappa shape index (κ2) is 6.50. The topological polar surface area (TPSA) is 9.23 Å². The van der Waals surface area contributed by atoms with E-state index in [-0.39, 0.29) is 5.38 Å². The van der Waals surface area contributed by atoms with Gasteiger partial charge in [-0.3, -0.25) is 0 Å². The Bertz CT molecular complexity index is 641. The van der Waals surface area contributed by atoms with E-state index >= 15 is 0 Å². The van der Waals surface area contributed by atoms with Crippen molar-refractivity contribution in [1.29, 1.82) is 0 Å². The third-order valence-electron chi connectivity index (χ3n) is 3.28. The molecule has 0 heterocycles. The molecule has 0 aliphatic heterocycles. The van der Waals surface area contributed by atoms with Gasteiger partial charge in [-0.25, -0.2) is 0 Å². The smallest absolute Gasteiger partial charge is 0.122 e. The summed E-state index contributed by atoms with van der Waals surface area (Å²) in [6, 6.07) is 10.2. The Kier molecular flexibility index (Phi) is 5.16. The Hall–Kier alpha value is -0.510. The molecule has 2 aromatic rings. The maximum Gasteiger partial charge on any atom is 0.122 e. The molecule has 1 atom stereocenters. The van der Waals surface area contributed by atoms with Crippen LogP contribution >= 0.6 is 43.5 Å². The predicted molar refractivity (Wildman–Crippen MR) is 92.0 cm³/mol. The maximum absolute atomic E-state index is 6.64. The summed E-state index contributed by atoms with van der Waals surface area (Å²) >= 11 is 13.8. The molecule has 0 aromatic heterocycles. The molecule has 2 aromatic carbocycles. The molecule has 0 spiro atoms. The molecule has 20 heavy (non-hydrogen) atoms. The Morgan fingerprint density at radius 3 is 2.35 bits per heavy atom. The van der Waals surface area contributed by atoms with E-state index in [0.29, 0.717) is 0 Å². The van der Waals surface area contributed by atoms with Crippen LogP contribution in [0.4, 0.5) is 0 Å². The van der Waals surface area contributed by atoms with E-state index in [1.165, 1.54) is 5.56 Å². The van der Waals surface area contributed by atoms with Gasteiger partial charge in [0.25, 0.3) is 0 Å². The van der Waals surface area contributed by atoms with E-state index in [1.807, 2.05) is 25.1 Å². The summed E-state index contributed by atoms with van der Waals surface area (Å²) in [5.74, 6) is 0.857. The average molecular weight is 419 g/mol. The molecular formula is C16H15Br2ClO. The average Bonchev–Trinajstić information content (AvgIpc) is 2.42. The quantitative estimate of drug-likeness (QED) is 0.542. The summed E-state index contributed by atoms with van der Waals surface area (Å²) in [4.78, 5) is 0. The van der Waals surface area contributed by atoms with Crippen LogP contribution in [0.15, 0.2) is 39.3 Å². The monoisotopic (exact) mass is 416 g/mol. The summed E-state index contributed by atoms with van der Waals surface area (Å²) in [7, 11) is 1.67. The molecule has 106 valence electrons. The van der Waals surface area contributed by atoms with Gasteiger partial charge < -0.3 is 4.74 Å². The number of ether oxygens (including phenoxy) is 1. The molecular weight excluding hydrogens is 403 g/mol. The van der Waals surface area contributed by atoms with Crippen molar-refractivity contribution in [3.05, 3.63) is 61.5 Å². The molecule has 0 amide bonds. The molecule has 0 aliphatic carbocycles. The second-order valence-corrected chi connectivity index (χ2v) is 6.86. The van der Waals surface area contributed by atoms with Crippen molar-refractivity contribution in [3.8, 4) is 5.75 Å². The highest BCUT2D eigenvalue weighted by atomic mass is 79.9. The van der Waals surface area contributed by atoms with Crippen molar-refractivity contribution >= 4 is 43.5 Å². The van der Waals surface area contributed by atoms with Crippen molar-refractivity contribution < 1.29 is 4.74 Å².